The van der Waals surface area contributed by atoms with Crippen molar-refractivity contribution in [2.45, 2.75) is 25.6 Å². The summed E-state index contributed by atoms with van der Waals surface area (Å²) in [4.78, 5) is 13.6. The first kappa shape index (κ1) is 15.6. The van der Waals surface area contributed by atoms with Gasteiger partial charge in [0.1, 0.15) is 0 Å². The first-order chi connectivity index (χ1) is 9.77. The van der Waals surface area contributed by atoms with Gasteiger partial charge in [0.25, 0.3) is 0 Å². The van der Waals surface area contributed by atoms with Crippen LogP contribution in [0.2, 0.25) is 0 Å². The number of amides is 2. The average molecular weight is 302 g/mol. The Kier molecular flexibility index (Phi) is 4.41. The van der Waals surface area contributed by atoms with Crippen molar-refractivity contribution in [3.8, 4) is 0 Å². The zero-order chi connectivity index (χ0) is 15.6. The van der Waals surface area contributed by atoms with Crippen LogP contribution in [0.15, 0.2) is 24.3 Å². The van der Waals surface area contributed by atoms with Gasteiger partial charge in [0, 0.05) is 18.8 Å². The number of rotatable bonds is 1. The largest absolute Gasteiger partial charge is 0.416 e. The minimum absolute atomic E-state index is 0.0166. The SMILES string of the molecule is CC1CN(C(=O)Nc2ccc(C(F)(F)F)cc2)CCC1O. The maximum Gasteiger partial charge on any atom is 0.416 e. The van der Waals surface area contributed by atoms with Crippen molar-refractivity contribution in [2.75, 3.05) is 18.4 Å². The summed E-state index contributed by atoms with van der Waals surface area (Å²) in [7, 11) is 0. The van der Waals surface area contributed by atoms with Crippen LogP contribution in [0, 0.1) is 5.92 Å². The van der Waals surface area contributed by atoms with Crippen molar-refractivity contribution in [1.82, 2.24) is 4.90 Å². The second-order valence-corrected chi connectivity index (χ2v) is 5.28. The first-order valence-corrected chi connectivity index (χ1v) is 6.68. The molecule has 4 nitrogen and oxygen atoms in total. The Hall–Kier alpha value is -1.76. The van der Waals surface area contributed by atoms with Gasteiger partial charge in [0.05, 0.1) is 11.7 Å². The predicted octanol–water partition coefficient (Wildman–Crippen LogP) is 2.94. The molecule has 0 spiro atoms. The van der Waals surface area contributed by atoms with Crippen LogP contribution in [0.3, 0.4) is 0 Å². The molecule has 1 fully saturated rings. The van der Waals surface area contributed by atoms with Crippen molar-refractivity contribution >= 4 is 11.7 Å². The second-order valence-electron chi connectivity index (χ2n) is 5.28. The van der Waals surface area contributed by atoms with E-state index in [9.17, 15) is 23.1 Å². The number of hydrogen-bond donors (Lipinski definition) is 2. The van der Waals surface area contributed by atoms with E-state index in [0.717, 1.165) is 12.1 Å². The molecular weight excluding hydrogens is 285 g/mol. The van der Waals surface area contributed by atoms with Gasteiger partial charge in [-0.25, -0.2) is 4.79 Å². The monoisotopic (exact) mass is 302 g/mol. The number of hydrogen-bond acceptors (Lipinski definition) is 2. The topological polar surface area (TPSA) is 52.6 Å². The maximum atomic E-state index is 12.4. The minimum Gasteiger partial charge on any atom is -0.393 e. The minimum atomic E-state index is -4.39. The van der Waals surface area contributed by atoms with Gasteiger partial charge >= 0.3 is 12.2 Å². The number of carbonyl (C=O) groups is 1. The molecule has 1 saturated heterocycles. The van der Waals surface area contributed by atoms with Gasteiger partial charge in [-0.15, -0.1) is 0 Å². The van der Waals surface area contributed by atoms with Gasteiger partial charge in [-0.3, -0.25) is 0 Å². The highest BCUT2D eigenvalue weighted by Crippen LogP contribution is 2.29. The average Bonchev–Trinajstić information content (AvgIpc) is 2.41. The molecule has 0 aromatic heterocycles. The molecular formula is C14H17F3N2O2. The number of aliphatic hydroxyl groups is 1. The molecule has 0 aliphatic carbocycles. The van der Waals surface area contributed by atoms with Gasteiger partial charge in [-0.2, -0.15) is 13.2 Å². The molecule has 1 aliphatic rings. The van der Waals surface area contributed by atoms with Crippen LogP contribution in [-0.4, -0.2) is 35.2 Å². The highest BCUT2D eigenvalue weighted by Gasteiger charge is 2.30. The van der Waals surface area contributed by atoms with E-state index >= 15 is 0 Å². The predicted molar refractivity (Wildman–Crippen MR) is 71.8 cm³/mol. The number of carbonyl (C=O) groups excluding carboxylic acids is 1. The molecule has 1 aliphatic heterocycles. The van der Waals surface area contributed by atoms with Gasteiger partial charge in [0.2, 0.25) is 0 Å². The van der Waals surface area contributed by atoms with Gasteiger partial charge in [0.15, 0.2) is 0 Å². The summed E-state index contributed by atoms with van der Waals surface area (Å²) in [6, 6.07) is 3.94. The molecule has 1 aromatic rings. The fourth-order valence-corrected chi connectivity index (χ4v) is 2.26. The molecule has 1 aromatic carbocycles. The normalized spacial score (nSPS) is 23.0. The summed E-state index contributed by atoms with van der Waals surface area (Å²) < 4.78 is 37.3. The van der Waals surface area contributed by atoms with E-state index in [1.165, 1.54) is 12.1 Å². The number of piperidine rings is 1. The molecule has 2 rings (SSSR count). The van der Waals surface area contributed by atoms with Crippen molar-refractivity contribution in [1.29, 1.82) is 0 Å². The van der Waals surface area contributed by atoms with E-state index in [1.807, 2.05) is 6.92 Å². The van der Waals surface area contributed by atoms with Gasteiger partial charge < -0.3 is 15.3 Å². The molecule has 0 bridgehead atoms. The van der Waals surface area contributed by atoms with Crippen LogP contribution in [0.25, 0.3) is 0 Å². The summed E-state index contributed by atoms with van der Waals surface area (Å²) in [5.41, 5.74) is -0.443. The number of urea groups is 1. The van der Waals surface area contributed by atoms with Crippen LogP contribution in [-0.2, 0) is 6.18 Å². The summed E-state index contributed by atoms with van der Waals surface area (Å²) in [5.74, 6) is -0.0166. The summed E-state index contributed by atoms with van der Waals surface area (Å²) in [6.07, 6.45) is -4.30. The zero-order valence-corrected chi connectivity index (χ0v) is 11.5. The highest BCUT2D eigenvalue weighted by atomic mass is 19.4. The summed E-state index contributed by atoms with van der Waals surface area (Å²) >= 11 is 0. The Bertz CT molecular complexity index is 502. The van der Waals surface area contributed by atoms with E-state index in [2.05, 4.69) is 5.32 Å². The summed E-state index contributed by atoms with van der Waals surface area (Å²) in [5, 5.41) is 12.2. The lowest BCUT2D eigenvalue weighted by molar-refractivity contribution is -0.137. The molecule has 7 heteroatoms. The molecule has 0 radical (unpaired) electrons. The van der Waals surface area contributed by atoms with Crippen LogP contribution in [0.4, 0.5) is 23.7 Å². The Morgan fingerprint density at radius 2 is 1.95 bits per heavy atom. The second kappa shape index (κ2) is 5.93. The smallest absolute Gasteiger partial charge is 0.393 e. The van der Waals surface area contributed by atoms with Crippen molar-refractivity contribution in [3.63, 3.8) is 0 Å². The number of nitrogens with one attached hydrogen (secondary N) is 1. The molecule has 21 heavy (non-hydrogen) atoms. The highest BCUT2D eigenvalue weighted by molar-refractivity contribution is 5.89. The van der Waals surface area contributed by atoms with E-state index in [1.54, 1.807) is 4.90 Å². The quantitative estimate of drug-likeness (QED) is 0.838. The lowest BCUT2D eigenvalue weighted by atomic mass is 9.97. The molecule has 2 atom stereocenters. The zero-order valence-electron chi connectivity index (χ0n) is 11.5. The van der Waals surface area contributed by atoms with Crippen LogP contribution >= 0.6 is 0 Å². The van der Waals surface area contributed by atoms with Crippen LogP contribution < -0.4 is 5.32 Å². The van der Waals surface area contributed by atoms with Crippen LogP contribution in [0.5, 0.6) is 0 Å². The number of alkyl halides is 3. The Morgan fingerprint density at radius 1 is 1.33 bits per heavy atom. The van der Waals surface area contributed by atoms with Crippen molar-refractivity contribution in [2.24, 2.45) is 5.92 Å². The Balaban J connectivity index is 1.97. The fraction of sp³-hybridized carbons (Fsp3) is 0.500. The number of anilines is 1. The molecule has 2 N–H and O–H groups in total. The van der Waals surface area contributed by atoms with Gasteiger partial charge in [-0.05, 0) is 36.6 Å². The maximum absolute atomic E-state index is 12.4. The van der Waals surface area contributed by atoms with Crippen molar-refractivity contribution in [3.05, 3.63) is 29.8 Å². The molecule has 116 valence electrons. The third-order valence-corrected chi connectivity index (χ3v) is 3.61. The number of nitrogens with zero attached hydrogens (tertiary/aromatic N) is 1. The van der Waals surface area contributed by atoms with E-state index < -0.39 is 17.8 Å². The molecule has 2 unspecified atom stereocenters. The van der Waals surface area contributed by atoms with E-state index in [0.29, 0.717) is 25.2 Å². The van der Waals surface area contributed by atoms with E-state index in [-0.39, 0.29) is 11.9 Å². The van der Waals surface area contributed by atoms with Gasteiger partial charge in [-0.1, -0.05) is 6.92 Å². The lowest BCUT2D eigenvalue weighted by Crippen LogP contribution is -2.46. The third-order valence-electron chi connectivity index (χ3n) is 3.61. The summed E-state index contributed by atoms with van der Waals surface area (Å²) in [6.45, 7) is 2.70. The Labute approximate surface area is 120 Å². The standard InChI is InChI=1S/C14H17F3N2O2/c1-9-8-19(7-6-12(9)20)13(21)18-11-4-2-10(3-5-11)14(15,16)17/h2-5,9,12,20H,6-8H2,1H3,(H,18,21). The molecule has 2 amide bonds. The number of aliphatic hydroxyl groups excluding tert-OH is 1. The Morgan fingerprint density at radius 3 is 2.48 bits per heavy atom. The molecule has 1 heterocycles. The number of benzene rings is 1. The third kappa shape index (κ3) is 3.87. The molecule has 0 saturated carbocycles. The van der Waals surface area contributed by atoms with Crippen molar-refractivity contribution < 1.29 is 23.1 Å². The lowest BCUT2D eigenvalue weighted by Gasteiger charge is -2.34. The van der Waals surface area contributed by atoms with E-state index in [4.69, 9.17) is 0 Å². The van der Waals surface area contributed by atoms with Crippen LogP contribution in [0.1, 0.15) is 18.9 Å². The number of halogens is 3. The first-order valence-electron chi connectivity index (χ1n) is 6.68. The number of likely N-dealkylation sites (tertiary alicyclic amines) is 1. The fourth-order valence-electron chi connectivity index (χ4n) is 2.26.